The molecule has 0 aliphatic heterocycles. The minimum Gasteiger partial charge on any atom is -0.466 e. The van der Waals surface area contributed by atoms with Crippen LogP contribution in [0.1, 0.15) is 24.5 Å². The minimum atomic E-state index is -0.535. The minimum absolute atomic E-state index is 0.117. The van der Waals surface area contributed by atoms with E-state index in [-0.39, 0.29) is 18.6 Å². The van der Waals surface area contributed by atoms with Gasteiger partial charge in [0.1, 0.15) is 0 Å². The quantitative estimate of drug-likeness (QED) is 0.571. The van der Waals surface area contributed by atoms with Gasteiger partial charge in [0.2, 0.25) is 0 Å². The van der Waals surface area contributed by atoms with Crippen molar-refractivity contribution in [1.82, 2.24) is 5.32 Å². The van der Waals surface area contributed by atoms with Gasteiger partial charge >= 0.3 is 11.9 Å². The van der Waals surface area contributed by atoms with E-state index in [1.165, 1.54) is 12.7 Å². The molecule has 0 fully saturated rings. The number of benzene rings is 2. The summed E-state index contributed by atoms with van der Waals surface area (Å²) in [5.74, 6) is -0.987. The first-order chi connectivity index (χ1) is 13.1. The molecular formula is C22H25NO4. The van der Waals surface area contributed by atoms with Gasteiger partial charge in [-0.1, -0.05) is 42.5 Å². The lowest BCUT2D eigenvalue weighted by Crippen LogP contribution is -2.12. The van der Waals surface area contributed by atoms with Gasteiger partial charge in [-0.2, -0.15) is 0 Å². The number of carbonyl (C=O) groups excluding carboxylic acids is 2. The van der Waals surface area contributed by atoms with Crippen molar-refractivity contribution in [3.63, 3.8) is 0 Å². The summed E-state index contributed by atoms with van der Waals surface area (Å²) in [5, 5.41) is 3.14. The molecule has 0 heterocycles. The Labute approximate surface area is 160 Å². The summed E-state index contributed by atoms with van der Waals surface area (Å²) in [6.45, 7) is 2.81. The fourth-order valence-electron chi connectivity index (χ4n) is 2.72. The van der Waals surface area contributed by atoms with E-state index in [4.69, 9.17) is 9.47 Å². The third kappa shape index (κ3) is 6.08. The molecule has 0 saturated carbocycles. The fourth-order valence-corrected chi connectivity index (χ4v) is 2.72. The average Bonchev–Trinajstić information content (AvgIpc) is 2.68. The van der Waals surface area contributed by atoms with Gasteiger partial charge < -0.3 is 14.8 Å². The van der Waals surface area contributed by atoms with Gasteiger partial charge in [0.25, 0.3) is 0 Å². The van der Waals surface area contributed by atoms with Crippen molar-refractivity contribution in [3.05, 3.63) is 65.2 Å². The molecule has 0 radical (unpaired) electrons. The molecule has 27 heavy (non-hydrogen) atoms. The van der Waals surface area contributed by atoms with Crippen LogP contribution in [0.5, 0.6) is 0 Å². The summed E-state index contributed by atoms with van der Waals surface area (Å²) < 4.78 is 9.69. The van der Waals surface area contributed by atoms with Gasteiger partial charge in [0, 0.05) is 12.1 Å². The Morgan fingerprint density at radius 2 is 1.81 bits per heavy atom. The van der Waals surface area contributed by atoms with E-state index in [0.29, 0.717) is 0 Å². The van der Waals surface area contributed by atoms with Gasteiger partial charge in [-0.3, -0.25) is 4.79 Å². The highest BCUT2D eigenvalue weighted by Crippen LogP contribution is 2.22. The molecule has 0 atom stereocenters. The third-order valence-electron chi connectivity index (χ3n) is 3.98. The number of hydrogen-bond donors (Lipinski definition) is 1. The molecule has 1 N–H and O–H groups in total. The van der Waals surface area contributed by atoms with E-state index in [2.05, 4.69) is 23.5 Å². The molecule has 5 heteroatoms. The van der Waals surface area contributed by atoms with Crippen LogP contribution in [-0.2, 0) is 25.6 Å². The fraction of sp³-hybridized carbons (Fsp3) is 0.273. The maximum absolute atomic E-state index is 11.9. The highest BCUT2D eigenvalue weighted by Gasteiger charge is 2.15. The Balaban J connectivity index is 2.23. The standard InChI is InChI=1S/C22H25NO4/c1-4-27-21(24)14-20(22(25)26-3)12-16-8-10-18(11-9-16)19-7-5-6-17(13-19)15-23-2/h5-13,23H,4,14-15H2,1-3H3. The zero-order chi connectivity index (χ0) is 19.6. The highest BCUT2D eigenvalue weighted by molar-refractivity contribution is 5.98. The van der Waals surface area contributed by atoms with Crippen molar-refractivity contribution in [1.29, 1.82) is 0 Å². The Morgan fingerprint density at radius 1 is 1.07 bits per heavy atom. The zero-order valence-electron chi connectivity index (χ0n) is 16.0. The predicted octanol–water partition coefficient (Wildman–Crippen LogP) is 3.58. The second-order valence-electron chi connectivity index (χ2n) is 6.00. The normalized spacial score (nSPS) is 11.1. The number of ether oxygens (including phenoxy) is 2. The van der Waals surface area contributed by atoms with Crippen molar-refractivity contribution in [3.8, 4) is 11.1 Å². The molecule has 2 aromatic rings. The number of hydrogen-bond acceptors (Lipinski definition) is 5. The number of nitrogens with one attached hydrogen (secondary N) is 1. The Morgan fingerprint density at radius 3 is 2.44 bits per heavy atom. The van der Waals surface area contributed by atoms with Crippen LogP contribution in [0.15, 0.2) is 54.1 Å². The predicted molar refractivity (Wildman–Crippen MR) is 106 cm³/mol. The summed E-state index contributed by atoms with van der Waals surface area (Å²) in [6.07, 6.45) is 1.54. The van der Waals surface area contributed by atoms with E-state index in [9.17, 15) is 9.59 Å². The molecule has 0 bridgehead atoms. The lowest BCUT2D eigenvalue weighted by atomic mass is 10.0. The van der Waals surface area contributed by atoms with E-state index >= 15 is 0 Å². The molecule has 0 unspecified atom stereocenters. The van der Waals surface area contributed by atoms with E-state index in [1.54, 1.807) is 13.0 Å². The van der Waals surface area contributed by atoms with Crippen molar-refractivity contribution >= 4 is 18.0 Å². The lowest BCUT2D eigenvalue weighted by molar-refractivity contribution is -0.145. The largest absolute Gasteiger partial charge is 0.466 e. The molecule has 0 saturated heterocycles. The first-order valence-electron chi connectivity index (χ1n) is 8.85. The second-order valence-corrected chi connectivity index (χ2v) is 6.00. The van der Waals surface area contributed by atoms with Crippen LogP contribution in [-0.4, -0.2) is 32.7 Å². The first-order valence-corrected chi connectivity index (χ1v) is 8.85. The maximum Gasteiger partial charge on any atom is 0.334 e. The summed E-state index contributed by atoms with van der Waals surface area (Å²) >= 11 is 0. The van der Waals surface area contributed by atoms with Crippen molar-refractivity contribution in [2.75, 3.05) is 20.8 Å². The van der Waals surface area contributed by atoms with Crippen molar-refractivity contribution < 1.29 is 19.1 Å². The van der Waals surface area contributed by atoms with Crippen LogP contribution in [0.3, 0.4) is 0 Å². The maximum atomic E-state index is 11.9. The lowest BCUT2D eigenvalue weighted by Gasteiger charge is -2.07. The Kier molecular flexibility index (Phi) is 7.77. The van der Waals surface area contributed by atoms with Gasteiger partial charge in [0.05, 0.1) is 20.1 Å². The third-order valence-corrected chi connectivity index (χ3v) is 3.98. The summed E-state index contributed by atoms with van der Waals surface area (Å²) in [6, 6.07) is 16.1. The average molecular weight is 367 g/mol. The number of carbonyl (C=O) groups is 2. The Bertz CT molecular complexity index is 809. The van der Waals surface area contributed by atoms with Gasteiger partial charge in [-0.05, 0) is 48.4 Å². The molecule has 2 aromatic carbocycles. The van der Waals surface area contributed by atoms with Crippen molar-refractivity contribution in [2.45, 2.75) is 19.9 Å². The summed E-state index contributed by atoms with van der Waals surface area (Å²) in [7, 11) is 3.21. The number of esters is 2. The molecule has 2 rings (SSSR count). The SMILES string of the molecule is CCOC(=O)CC(=Cc1ccc(-c2cccc(CNC)c2)cc1)C(=O)OC. The Hall–Kier alpha value is -2.92. The monoisotopic (exact) mass is 367 g/mol. The van der Waals surface area contributed by atoms with Gasteiger partial charge in [-0.15, -0.1) is 0 Å². The van der Waals surface area contributed by atoms with Gasteiger partial charge in [0.15, 0.2) is 0 Å². The van der Waals surface area contributed by atoms with Crippen LogP contribution in [0, 0.1) is 0 Å². The highest BCUT2D eigenvalue weighted by atomic mass is 16.5. The molecule has 0 spiro atoms. The first kappa shape index (κ1) is 20.4. The van der Waals surface area contributed by atoms with E-state index < -0.39 is 11.9 Å². The van der Waals surface area contributed by atoms with Crippen LogP contribution < -0.4 is 5.32 Å². The summed E-state index contributed by atoms with van der Waals surface area (Å²) in [5.41, 5.74) is 4.49. The van der Waals surface area contributed by atoms with E-state index in [1.807, 2.05) is 37.4 Å². The molecule has 0 amide bonds. The van der Waals surface area contributed by atoms with Crippen LogP contribution in [0.2, 0.25) is 0 Å². The molecule has 0 aromatic heterocycles. The van der Waals surface area contributed by atoms with Crippen LogP contribution >= 0.6 is 0 Å². The molecule has 5 nitrogen and oxygen atoms in total. The molecular weight excluding hydrogens is 342 g/mol. The van der Waals surface area contributed by atoms with Crippen LogP contribution in [0.4, 0.5) is 0 Å². The number of rotatable bonds is 8. The van der Waals surface area contributed by atoms with E-state index in [0.717, 1.165) is 23.2 Å². The number of methoxy groups -OCH3 is 1. The van der Waals surface area contributed by atoms with Crippen molar-refractivity contribution in [2.24, 2.45) is 0 Å². The second kappa shape index (κ2) is 10.3. The molecule has 142 valence electrons. The zero-order valence-corrected chi connectivity index (χ0v) is 16.0. The smallest absolute Gasteiger partial charge is 0.334 e. The topological polar surface area (TPSA) is 64.6 Å². The molecule has 0 aliphatic rings. The summed E-state index contributed by atoms with van der Waals surface area (Å²) in [4.78, 5) is 23.7. The van der Waals surface area contributed by atoms with Crippen LogP contribution in [0.25, 0.3) is 17.2 Å². The van der Waals surface area contributed by atoms with Gasteiger partial charge in [-0.25, -0.2) is 4.79 Å². The molecule has 0 aliphatic carbocycles.